The molecule has 1 atom stereocenters. The summed E-state index contributed by atoms with van der Waals surface area (Å²) in [6.07, 6.45) is -0.478. The van der Waals surface area contributed by atoms with E-state index in [9.17, 15) is 13.5 Å². The predicted molar refractivity (Wildman–Crippen MR) is 92.4 cm³/mol. The summed E-state index contributed by atoms with van der Waals surface area (Å²) in [5.41, 5.74) is 1.37. The maximum atomic E-state index is 12.3. The summed E-state index contributed by atoms with van der Waals surface area (Å²) < 4.78 is 27.1. The van der Waals surface area contributed by atoms with Crippen LogP contribution < -0.4 is 4.72 Å². The third-order valence-corrected chi connectivity index (χ3v) is 5.73. The van der Waals surface area contributed by atoms with Gasteiger partial charge in [0.25, 0.3) is 0 Å². The van der Waals surface area contributed by atoms with Gasteiger partial charge in [-0.3, -0.25) is 0 Å². The third-order valence-electron chi connectivity index (χ3n) is 3.40. The van der Waals surface area contributed by atoms with Crippen LogP contribution in [0.15, 0.2) is 47.4 Å². The molecule has 2 aromatic carbocycles. The van der Waals surface area contributed by atoms with Crippen molar-refractivity contribution in [2.45, 2.75) is 24.3 Å². The smallest absolute Gasteiger partial charge is 0.242 e. The number of benzene rings is 2. The Morgan fingerprint density at radius 2 is 1.78 bits per heavy atom. The van der Waals surface area contributed by atoms with E-state index in [1.807, 2.05) is 18.2 Å². The summed E-state index contributed by atoms with van der Waals surface area (Å²) in [5, 5.41) is 10.5. The Morgan fingerprint density at radius 1 is 1.13 bits per heavy atom. The lowest BCUT2D eigenvalue weighted by Crippen LogP contribution is -2.26. The fraction of sp³-hybridized carbons (Fsp3) is 0.250. The van der Waals surface area contributed by atoms with E-state index < -0.39 is 16.1 Å². The predicted octanol–water partition coefficient (Wildman–Crippen LogP) is 3.70. The Morgan fingerprint density at radius 3 is 2.43 bits per heavy atom. The van der Waals surface area contributed by atoms with E-state index in [0.717, 1.165) is 5.56 Å². The van der Waals surface area contributed by atoms with Gasteiger partial charge in [-0.05, 0) is 36.6 Å². The number of nitrogens with one attached hydrogen (secondary N) is 1. The normalized spacial score (nSPS) is 13.0. The van der Waals surface area contributed by atoms with Crippen LogP contribution in [0.1, 0.15) is 23.7 Å². The number of sulfonamides is 1. The average molecular weight is 374 g/mol. The number of halogens is 2. The molecule has 1 unspecified atom stereocenters. The molecule has 23 heavy (non-hydrogen) atoms. The van der Waals surface area contributed by atoms with Crippen molar-refractivity contribution in [3.8, 4) is 0 Å². The molecule has 2 aromatic rings. The fourth-order valence-corrected chi connectivity index (χ4v) is 3.96. The van der Waals surface area contributed by atoms with Gasteiger partial charge in [0.15, 0.2) is 0 Å². The lowest BCUT2D eigenvalue weighted by atomic mass is 10.1. The second-order valence-electron chi connectivity index (χ2n) is 5.14. The van der Waals surface area contributed by atoms with Gasteiger partial charge in [-0.25, -0.2) is 13.1 Å². The third kappa shape index (κ3) is 4.68. The van der Waals surface area contributed by atoms with Crippen molar-refractivity contribution < 1.29 is 13.5 Å². The van der Waals surface area contributed by atoms with Gasteiger partial charge in [0, 0.05) is 11.6 Å². The molecule has 0 bridgehead atoms. The van der Waals surface area contributed by atoms with Gasteiger partial charge in [-0.1, -0.05) is 53.5 Å². The zero-order valence-electron chi connectivity index (χ0n) is 12.5. The van der Waals surface area contributed by atoms with Crippen molar-refractivity contribution in [1.82, 2.24) is 4.72 Å². The number of aliphatic hydroxyl groups is 1. The molecular formula is C16H17Cl2NO3S. The van der Waals surface area contributed by atoms with Crippen molar-refractivity contribution >= 4 is 33.2 Å². The van der Waals surface area contributed by atoms with Crippen LogP contribution in [-0.4, -0.2) is 20.1 Å². The van der Waals surface area contributed by atoms with Crippen LogP contribution in [0.25, 0.3) is 0 Å². The Kier molecular flexibility index (Phi) is 6.06. The summed E-state index contributed by atoms with van der Waals surface area (Å²) in [5.74, 6) is 0. The molecule has 124 valence electrons. The van der Waals surface area contributed by atoms with E-state index in [1.165, 1.54) is 12.1 Å². The highest BCUT2D eigenvalue weighted by molar-refractivity contribution is 7.89. The van der Waals surface area contributed by atoms with Crippen molar-refractivity contribution in [2.75, 3.05) is 6.54 Å². The van der Waals surface area contributed by atoms with Crippen LogP contribution in [0, 0.1) is 6.92 Å². The zero-order valence-corrected chi connectivity index (χ0v) is 14.8. The maximum Gasteiger partial charge on any atom is 0.242 e. The average Bonchev–Trinajstić information content (AvgIpc) is 2.51. The fourth-order valence-electron chi connectivity index (χ4n) is 2.09. The minimum atomic E-state index is -3.76. The molecule has 0 aliphatic carbocycles. The molecule has 0 aliphatic rings. The Labute approximate surface area is 146 Å². The lowest BCUT2D eigenvalue weighted by Gasteiger charge is -2.13. The topological polar surface area (TPSA) is 66.4 Å². The second kappa shape index (κ2) is 7.64. The molecule has 2 rings (SSSR count). The highest BCUT2D eigenvalue weighted by Gasteiger charge is 2.19. The monoisotopic (exact) mass is 373 g/mol. The minimum Gasteiger partial charge on any atom is -0.388 e. The zero-order chi connectivity index (χ0) is 17.0. The molecule has 0 aromatic heterocycles. The molecule has 0 spiro atoms. The standard InChI is InChI=1S/C16H17Cl2NO3S/c1-11-9-16(14(18)10-13(11)17)23(21,22)19-8-7-15(20)12-5-3-2-4-6-12/h2-6,9-10,15,19-20H,7-8H2,1H3. The molecule has 0 saturated heterocycles. The first kappa shape index (κ1) is 18.2. The first-order valence-corrected chi connectivity index (χ1v) is 9.23. The van der Waals surface area contributed by atoms with E-state index in [-0.39, 0.29) is 22.9 Å². The molecule has 0 saturated carbocycles. The van der Waals surface area contributed by atoms with E-state index in [2.05, 4.69) is 4.72 Å². The molecular weight excluding hydrogens is 357 g/mol. The van der Waals surface area contributed by atoms with Crippen LogP contribution >= 0.6 is 23.2 Å². The van der Waals surface area contributed by atoms with Crippen LogP contribution in [0.4, 0.5) is 0 Å². The van der Waals surface area contributed by atoms with E-state index in [1.54, 1.807) is 19.1 Å². The Hall–Kier alpha value is -1.11. The molecule has 0 amide bonds. The summed E-state index contributed by atoms with van der Waals surface area (Å²) in [7, 11) is -3.76. The largest absolute Gasteiger partial charge is 0.388 e. The van der Waals surface area contributed by atoms with E-state index in [4.69, 9.17) is 23.2 Å². The Balaban J connectivity index is 2.04. The van der Waals surface area contributed by atoms with Gasteiger partial charge in [-0.15, -0.1) is 0 Å². The number of hydrogen-bond donors (Lipinski definition) is 2. The first-order valence-electron chi connectivity index (χ1n) is 6.99. The highest BCUT2D eigenvalue weighted by Crippen LogP contribution is 2.28. The molecule has 4 nitrogen and oxygen atoms in total. The van der Waals surface area contributed by atoms with Gasteiger partial charge in [0.05, 0.1) is 11.1 Å². The van der Waals surface area contributed by atoms with Crippen molar-refractivity contribution in [3.05, 3.63) is 63.6 Å². The van der Waals surface area contributed by atoms with Crippen molar-refractivity contribution in [2.24, 2.45) is 0 Å². The molecule has 0 radical (unpaired) electrons. The maximum absolute atomic E-state index is 12.3. The molecule has 0 fully saturated rings. The van der Waals surface area contributed by atoms with Gasteiger partial charge in [0.2, 0.25) is 10.0 Å². The minimum absolute atomic E-state index is 0.0183. The van der Waals surface area contributed by atoms with Crippen LogP contribution in [0.5, 0.6) is 0 Å². The molecule has 2 N–H and O–H groups in total. The summed E-state index contributed by atoms with van der Waals surface area (Å²) in [6.45, 7) is 1.80. The lowest BCUT2D eigenvalue weighted by molar-refractivity contribution is 0.169. The van der Waals surface area contributed by atoms with E-state index >= 15 is 0 Å². The number of aryl methyl sites for hydroxylation is 1. The van der Waals surface area contributed by atoms with Gasteiger partial charge in [0.1, 0.15) is 4.90 Å². The first-order chi connectivity index (χ1) is 10.8. The number of aliphatic hydroxyl groups excluding tert-OH is 1. The van der Waals surface area contributed by atoms with Crippen LogP contribution in [0.3, 0.4) is 0 Å². The van der Waals surface area contributed by atoms with E-state index in [0.29, 0.717) is 10.6 Å². The van der Waals surface area contributed by atoms with Gasteiger partial charge in [-0.2, -0.15) is 0 Å². The SMILES string of the molecule is Cc1cc(S(=O)(=O)NCCC(O)c2ccccc2)c(Cl)cc1Cl. The van der Waals surface area contributed by atoms with Crippen LogP contribution in [-0.2, 0) is 10.0 Å². The van der Waals surface area contributed by atoms with Crippen LogP contribution in [0.2, 0.25) is 10.0 Å². The summed E-state index contributed by atoms with van der Waals surface area (Å²) in [6, 6.07) is 11.9. The molecule has 0 aliphatic heterocycles. The molecule has 7 heteroatoms. The van der Waals surface area contributed by atoms with Crippen molar-refractivity contribution in [3.63, 3.8) is 0 Å². The summed E-state index contributed by atoms with van der Waals surface area (Å²) in [4.78, 5) is -0.0183. The van der Waals surface area contributed by atoms with Crippen molar-refractivity contribution in [1.29, 1.82) is 0 Å². The Bertz CT molecular complexity index is 779. The number of rotatable bonds is 6. The molecule has 0 heterocycles. The number of hydrogen-bond acceptors (Lipinski definition) is 3. The summed E-state index contributed by atoms with van der Waals surface area (Å²) >= 11 is 11.9. The quantitative estimate of drug-likeness (QED) is 0.810. The van der Waals surface area contributed by atoms with Gasteiger partial charge < -0.3 is 5.11 Å². The highest BCUT2D eigenvalue weighted by atomic mass is 35.5. The van der Waals surface area contributed by atoms with Gasteiger partial charge >= 0.3 is 0 Å². The second-order valence-corrected chi connectivity index (χ2v) is 7.69.